The number of nitriles is 1. The molecule has 0 amide bonds. The van der Waals surface area contributed by atoms with Crippen LogP contribution in [-0.4, -0.2) is 14.8 Å². The number of nitrogens with zero attached hydrogens (tertiary/aromatic N) is 3. The van der Waals surface area contributed by atoms with E-state index < -0.39 is 40.4 Å². The SMILES string of the molecule is [C-]#[N+]c1ccc(-n2c(O)c3c(c2O)C2(CCC#N)C=CC3(C)O2)cc1C(F)(F)F. The van der Waals surface area contributed by atoms with Crippen molar-refractivity contribution in [2.24, 2.45) is 0 Å². The van der Waals surface area contributed by atoms with Gasteiger partial charge in [-0.3, -0.25) is 4.57 Å². The van der Waals surface area contributed by atoms with E-state index >= 15 is 0 Å². The van der Waals surface area contributed by atoms with Crippen LogP contribution in [0.2, 0.25) is 0 Å². The van der Waals surface area contributed by atoms with Crippen molar-refractivity contribution in [1.29, 1.82) is 5.26 Å². The molecule has 1 aromatic heterocycles. The molecule has 2 aliphatic heterocycles. The van der Waals surface area contributed by atoms with Gasteiger partial charge in [0.1, 0.15) is 11.2 Å². The number of rotatable bonds is 3. The van der Waals surface area contributed by atoms with Crippen LogP contribution < -0.4 is 0 Å². The third-order valence-electron chi connectivity index (χ3n) is 5.38. The minimum atomic E-state index is -4.78. The maximum absolute atomic E-state index is 13.4. The van der Waals surface area contributed by atoms with E-state index in [2.05, 4.69) is 4.85 Å². The molecule has 0 saturated carbocycles. The smallest absolute Gasteiger partial charge is 0.407 e. The number of hydrogen-bond donors (Lipinski definition) is 2. The number of hydrogen-bond acceptors (Lipinski definition) is 4. The summed E-state index contributed by atoms with van der Waals surface area (Å²) in [6, 6.07) is 4.93. The van der Waals surface area contributed by atoms with Gasteiger partial charge in [0.15, 0.2) is 5.69 Å². The Labute approximate surface area is 163 Å². The first-order chi connectivity index (χ1) is 13.6. The number of alkyl halides is 3. The predicted molar refractivity (Wildman–Crippen MR) is 94.5 cm³/mol. The largest absolute Gasteiger partial charge is 0.494 e. The van der Waals surface area contributed by atoms with Crippen molar-refractivity contribution in [3.05, 3.63) is 58.5 Å². The van der Waals surface area contributed by atoms with Gasteiger partial charge in [0.25, 0.3) is 0 Å². The molecular formula is C20H14F3N3O3. The van der Waals surface area contributed by atoms with Crippen molar-refractivity contribution in [3.8, 4) is 23.5 Å². The Morgan fingerprint density at radius 3 is 2.55 bits per heavy atom. The highest BCUT2D eigenvalue weighted by molar-refractivity contribution is 5.66. The Morgan fingerprint density at radius 2 is 1.93 bits per heavy atom. The molecule has 2 N–H and O–H groups in total. The van der Waals surface area contributed by atoms with Gasteiger partial charge < -0.3 is 14.9 Å². The molecule has 0 spiro atoms. The molecule has 6 nitrogen and oxygen atoms in total. The van der Waals surface area contributed by atoms with Crippen molar-refractivity contribution in [2.75, 3.05) is 0 Å². The second kappa shape index (κ2) is 5.79. The van der Waals surface area contributed by atoms with Crippen molar-refractivity contribution in [1.82, 2.24) is 4.57 Å². The van der Waals surface area contributed by atoms with Gasteiger partial charge in [-0.05, 0) is 37.6 Å². The summed E-state index contributed by atoms with van der Waals surface area (Å²) in [5, 5.41) is 30.6. The van der Waals surface area contributed by atoms with Crippen LogP contribution >= 0.6 is 0 Å². The van der Waals surface area contributed by atoms with E-state index in [9.17, 15) is 23.4 Å². The second-order valence-corrected chi connectivity index (χ2v) is 7.13. The van der Waals surface area contributed by atoms with Crippen LogP contribution in [0, 0.1) is 17.9 Å². The first kappa shape index (κ1) is 18.9. The zero-order valence-electron chi connectivity index (χ0n) is 15.1. The normalized spacial score (nSPS) is 24.3. The maximum atomic E-state index is 13.4. The lowest BCUT2D eigenvalue weighted by molar-refractivity contribution is -0.136. The van der Waals surface area contributed by atoms with Gasteiger partial charge in [-0.1, -0.05) is 6.07 Å². The van der Waals surface area contributed by atoms with Gasteiger partial charge in [-0.15, -0.1) is 0 Å². The summed E-state index contributed by atoms with van der Waals surface area (Å²) in [6.45, 7) is 8.61. The molecule has 2 atom stereocenters. The molecule has 2 aromatic rings. The third kappa shape index (κ3) is 2.44. The molecule has 29 heavy (non-hydrogen) atoms. The van der Waals surface area contributed by atoms with Crippen molar-refractivity contribution < 1.29 is 28.1 Å². The second-order valence-electron chi connectivity index (χ2n) is 7.13. The summed E-state index contributed by atoms with van der Waals surface area (Å²) in [7, 11) is 0. The zero-order chi connectivity index (χ0) is 21.2. The van der Waals surface area contributed by atoms with Crippen LogP contribution in [0.3, 0.4) is 0 Å². The minimum Gasteiger partial charge on any atom is -0.494 e. The van der Waals surface area contributed by atoms with E-state index in [-0.39, 0.29) is 29.7 Å². The standard InChI is InChI=1S/C20H14F3N3O3/c1-18-7-8-19(29-18,6-3-9-24)15-14(18)16(27)26(17(15)28)11-4-5-13(25-2)12(10-11)20(21,22)23/h4-5,7-8,10,27-28H,3,6H2,1H3. The van der Waals surface area contributed by atoms with E-state index in [1.807, 2.05) is 6.07 Å². The summed E-state index contributed by atoms with van der Waals surface area (Å²) in [5.74, 6) is -0.918. The Bertz CT molecular complexity index is 1150. The highest BCUT2D eigenvalue weighted by Gasteiger charge is 2.58. The number of benzene rings is 1. The Balaban J connectivity index is 1.94. The van der Waals surface area contributed by atoms with Gasteiger partial charge in [-0.2, -0.15) is 18.4 Å². The molecule has 9 heteroatoms. The molecular weight excluding hydrogens is 387 g/mol. The monoisotopic (exact) mass is 401 g/mol. The van der Waals surface area contributed by atoms with Crippen molar-refractivity contribution in [2.45, 2.75) is 37.1 Å². The molecule has 0 saturated heterocycles. The molecule has 0 radical (unpaired) electrons. The summed E-state index contributed by atoms with van der Waals surface area (Å²) in [5.41, 5.74) is -3.64. The fourth-order valence-electron chi connectivity index (χ4n) is 4.16. The molecule has 0 aliphatic carbocycles. The van der Waals surface area contributed by atoms with Crippen LogP contribution in [0.25, 0.3) is 10.5 Å². The molecule has 4 rings (SSSR count). The van der Waals surface area contributed by atoms with Gasteiger partial charge in [-0.25, -0.2) is 4.85 Å². The van der Waals surface area contributed by atoms with E-state index in [0.29, 0.717) is 6.07 Å². The first-order valence-corrected chi connectivity index (χ1v) is 8.62. The number of halogens is 3. The van der Waals surface area contributed by atoms with Crippen molar-refractivity contribution in [3.63, 3.8) is 0 Å². The molecule has 2 aliphatic rings. The lowest BCUT2D eigenvalue weighted by Crippen LogP contribution is -2.22. The quantitative estimate of drug-likeness (QED) is 0.573. The summed E-state index contributed by atoms with van der Waals surface area (Å²) in [4.78, 5) is 2.89. The van der Waals surface area contributed by atoms with Crippen LogP contribution in [0.4, 0.5) is 18.9 Å². The van der Waals surface area contributed by atoms with E-state index in [4.69, 9.17) is 16.6 Å². The predicted octanol–water partition coefficient (Wildman–Crippen LogP) is 4.77. The fraction of sp³-hybridized carbons (Fsp3) is 0.300. The average molecular weight is 401 g/mol. The number of fused-ring (bicyclic) bond motifs is 5. The molecule has 1 aromatic carbocycles. The van der Waals surface area contributed by atoms with Crippen LogP contribution in [0.1, 0.15) is 36.5 Å². The zero-order valence-corrected chi connectivity index (χ0v) is 15.1. The highest BCUT2D eigenvalue weighted by atomic mass is 19.4. The Morgan fingerprint density at radius 1 is 1.24 bits per heavy atom. The fourth-order valence-corrected chi connectivity index (χ4v) is 4.16. The van der Waals surface area contributed by atoms with Crippen LogP contribution in [0.15, 0.2) is 30.4 Å². The summed E-state index contributed by atoms with van der Waals surface area (Å²) in [6.07, 6.45) is -1.06. The Kier molecular flexibility index (Phi) is 3.77. The number of aromatic nitrogens is 1. The molecule has 148 valence electrons. The number of ether oxygens (including phenoxy) is 1. The van der Waals surface area contributed by atoms with E-state index in [0.717, 1.165) is 10.6 Å². The van der Waals surface area contributed by atoms with Gasteiger partial charge in [0, 0.05) is 6.42 Å². The Hall–Kier alpha value is -3.43. The minimum absolute atomic E-state index is 0.114. The average Bonchev–Trinajstić information content (AvgIpc) is 3.24. The van der Waals surface area contributed by atoms with Crippen LogP contribution in [-0.2, 0) is 22.1 Å². The molecule has 0 fully saturated rings. The lowest BCUT2D eigenvalue weighted by Gasteiger charge is -2.24. The lowest BCUT2D eigenvalue weighted by atomic mass is 9.82. The maximum Gasteiger partial charge on any atom is 0.407 e. The first-order valence-electron chi connectivity index (χ1n) is 8.62. The number of aromatic hydroxyl groups is 2. The van der Waals surface area contributed by atoms with Gasteiger partial charge in [0.05, 0.1) is 35.0 Å². The summed E-state index contributed by atoms with van der Waals surface area (Å²) >= 11 is 0. The van der Waals surface area contributed by atoms with Gasteiger partial charge >= 0.3 is 6.18 Å². The molecule has 3 heterocycles. The van der Waals surface area contributed by atoms with Crippen LogP contribution in [0.5, 0.6) is 11.8 Å². The van der Waals surface area contributed by atoms with E-state index in [1.54, 1.807) is 19.1 Å². The molecule has 2 bridgehead atoms. The highest BCUT2D eigenvalue weighted by Crippen LogP contribution is 2.62. The third-order valence-corrected chi connectivity index (χ3v) is 5.38. The van der Waals surface area contributed by atoms with Crippen molar-refractivity contribution >= 4 is 5.69 Å². The van der Waals surface area contributed by atoms with E-state index in [1.165, 1.54) is 6.07 Å². The topological polar surface area (TPSA) is 82.8 Å². The summed E-state index contributed by atoms with van der Waals surface area (Å²) < 4.78 is 47.0. The molecule has 2 unspecified atom stereocenters. The van der Waals surface area contributed by atoms with Gasteiger partial charge in [0.2, 0.25) is 11.8 Å².